The first-order valence-corrected chi connectivity index (χ1v) is 11.3. The Morgan fingerprint density at radius 2 is 1.41 bits per heavy atom. The maximum absolute atomic E-state index is 13.9. The number of nitrogens with zero attached hydrogens (tertiary/aromatic N) is 1. The van der Waals surface area contributed by atoms with Crippen molar-refractivity contribution in [3.63, 3.8) is 0 Å². The molecule has 34 heavy (non-hydrogen) atoms. The van der Waals surface area contributed by atoms with E-state index < -0.39 is 46.9 Å². The number of carbonyl (C=O) groups excluding carboxylic acids is 4. The number of rotatable bonds is 2. The van der Waals surface area contributed by atoms with E-state index >= 15 is 0 Å². The fraction of sp³-hybridized carbons (Fsp3) is 0.185. The number of fused-ring (bicyclic) bond motifs is 3. The SMILES string of the molecule is Cc1c(Cl)cccc1N1C(=O)[C@H]2[C@@H](c3ccccc3)OC3(C(=O)c4ccccc4C3=O)[C@@H]2C1=O. The summed E-state index contributed by atoms with van der Waals surface area (Å²) in [7, 11) is 0. The molecule has 168 valence electrons. The monoisotopic (exact) mass is 471 g/mol. The Hall–Kier alpha value is -3.61. The second-order valence-corrected chi connectivity index (χ2v) is 9.20. The Balaban J connectivity index is 1.57. The van der Waals surface area contributed by atoms with Gasteiger partial charge in [-0.1, -0.05) is 72.3 Å². The lowest BCUT2D eigenvalue weighted by molar-refractivity contribution is -0.127. The number of amides is 2. The van der Waals surface area contributed by atoms with Crippen LogP contribution in [0.1, 0.15) is 37.9 Å². The van der Waals surface area contributed by atoms with E-state index in [1.54, 1.807) is 73.7 Å². The summed E-state index contributed by atoms with van der Waals surface area (Å²) in [5.74, 6) is -4.61. The van der Waals surface area contributed by atoms with Gasteiger partial charge in [0.05, 0.1) is 23.6 Å². The van der Waals surface area contributed by atoms with Gasteiger partial charge in [-0.2, -0.15) is 0 Å². The van der Waals surface area contributed by atoms with Gasteiger partial charge in [0.2, 0.25) is 29.0 Å². The second-order valence-electron chi connectivity index (χ2n) is 8.79. The number of ketones is 2. The highest BCUT2D eigenvalue weighted by Gasteiger charge is 2.74. The van der Waals surface area contributed by atoms with Crippen molar-refractivity contribution in [2.45, 2.75) is 18.6 Å². The van der Waals surface area contributed by atoms with Gasteiger partial charge in [0.1, 0.15) is 0 Å². The van der Waals surface area contributed by atoms with E-state index in [4.69, 9.17) is 16.3 Å². The van der Waals surface area contributed by atoms with Crippen molar-refractivity contribution in [2.75, 3.05) is 4.90 Å². The average molecular weight is 472 g/mol. The molecule has 2 heterocycles. The van der Waals surface area contributed by atoms with Crippen LogP contribution in [0.4, 0.5) is 5.69 Å². The zero-order valence-electron chi connectivity index (χ0n) is 18.0. The summed E-state index contributed by atoms with van der Waals surface area (Å²) in [5.41, 5.74) is -0.145. The molecule has 1 aliphatic carbocycles. The van der Waals surface area contributed by atoms with Crippen LogP contribution in [0.5, 0.6) is 0 Å². The van der Waals surface area contributed by atoms with Gasteiger partial charge in [0, 0.05) is 16.1 Å². The van der Waals surface area contributed by atoms with Gasteiger partial charge in [0.15, 0.2) is 0 Å². The second kappa shape index (κ2) is 7.19. The van der Waals surface area contributed by atoms with Crippen molar-refractivity contribution in [1.29, 1.82) is 0 Å². The van der Waals surface area contributed by atoms with Crippen molar-refractivity contribution in [2.24, 2.45) is 11.8 Å². The zero-order chi connectivity index (χ0) is 23.8. The van der Waals surface area contributed by atoms with Crippen LogP contribution >= 0.6 is 11.6 Å². The summed E-state index contributed by atoms with van der Waals surface area (Å²) in [6, 6.07) is 20.3. The molecule has 3 aromatic rings. The lowest BCUT2D eigenvalue weighted by Gasteiger charge is -2.27. The average Bonchev–Trinajstić information content (AvgIpc) is 3.42. The fourth-order valence-corrected chi connectivity index (χ4v) is 5.71. The van der Waals surface area contributed by atoms with Gasteiger partial charge < -0.3 is 4.74 Å². The molecule has 0 aromatic heterocycles. The molecule has 2 aliphatic heterocycles. The normalized spacial score (nSPS) is 24.8. The van der Waals surface area contributed by atoms with Gasteiger partial charge in [0.25, 0.3) is 0 Å². The molecule has 1 spiro atoms. The minimum absolute atomic E-state index is 0.206. The number of ether oxygens (including phenoxy) is 1. The molecule has 0 N–H and O–H groups in total. The molecular weight excluding hydrogens is 454 g/mol. The lowest BCUT2D eigenvalue weighted by Crippen LogP contribution is -2.51. The summed E-state index contributed by atoms with van der Waals surface area (Å²) in [5, 5.41) is 0.404. The first-order valence-electron chi connectivity index (χ1n) is 10.9. The van der Waals surface area contributed by atoms with Crippen molar-refractivity contribution in [1.82, 2.24) is 0 Å². The molecule has 0 radical (unpaired) electrons. The van der Waals surface area contributed by atoms with E-state index in [2.05, 4.69) is 0 Å². The zero-order valence-corrected chi connectivity index (χ0v) is 18.8. The Labute approximate surface area is 200 Å². The summed E-state index contributed by atoms with van der Waals surface area (Å²) < 4.78 is 6.26. The maximum atomic E-state index is 13.9. The van der Waals surface area contributed by atoms with Crippen LogP contribution in [-0.2, 0) is 14.3 Å². The molecule has 2 fully saturated rings. The van der Waals surface area contributed by atoms with E-state index in [1.165, 1.54) is 0 Å². The summed E-state index contributed by atoms with van der Waals surface area (Å²) >= 11 is 6.28. The molecule has 3 aliphatic rings. The van der Waals surface area contributed by atoms with Crippen LogP contribution in [0, 0.1) is 18.8 Å². The lowest BCUT2D eigenvalue weighted by atomic mass is 9.77. The largest absolute Gasteiger partial charge is 0.349 e. The van der Waals surface area contributed by atoms with E-state index in [9.17, 15) is 19.2 Å². The van der Waals surface area contributed by atoms with Crippen molar-refractivity contribution < 1.29 is 23.9 Å². The molecule has 2 saturated heterocycles. The Morgan fingerprint density at radius 1 is 0.794 bits per heavy atom. The molecule has 6 nitrogen and oxygen atoms in total. The summed E-state index contributed by atoms with van der Waals surface area (Å²) in [6.07, 6.45) is -0.936. The highest BCUT2D eigenvalue weighted by Crippen LogP contribution is 2.57. The Morgan fingerprint density at radius 3 is 2.06 bits per heavy atom. The minimum Gasteiger partial charge on any atom is -0.349 e. The quantitative estimate of drug-likeness (QED) is 0.410. The predicted octanol–water partition coefficient (Wildman–Crippen LogP) is 4.34. The van der Waals surface area contributed by atoms with Gasteiger partial charge in [-0.15, -0.1) is 0 Å². The van der Waals surface area contributed by atoms with Gasteiger partial charge in [-0.3, -0.25) is 19.2 Å². The van der Waals surface area contributed by atoms with Crippen LogP contribution in [0.3, 0.4) is 0 Å². The number of halogens is 1. The van der Waals surface area contributed by atoms with E-state index in [1.807, 2.05) is 6.07 Å². The standard InChI is InChI=1S/C27H18ClNO5/c1-14-18(28)12-7-13-19(14)29-25(32)20-21(26(29)33)27(34-22(20)15-8-3-2-4-9-15)23(30)16-10-5-6-11-17(16)24(27)31/h2-13,20-22H,1H3/t20-,21+,22-/m1/s1. The smallest absolute Gasteiger partial charge is 0.241 e. The molecule has 6 rings (SSSR count). The maximum Gasteiger partial charge on any atom is 0.241 e. The van der Waals surface area contributed by atoms with Crippen LogP contribution < -0.4 is 4.90 Å². The highest BCUT2D eigenvalue weighted by atomic mass is 35.5. The molecule has 7 heteroatoms. The Bertz CT molecular complexity index is 1380. The predicted molar refractivity (Wildman–Crippen MR) is 124 cm³/mol. The molecule has 0 bridgehead atoms. The number of anilines is 1. The molecule has 0 unspecified atom stereocenters. The van der Waals surface area contributed by atoms with Crippen LogP contribution in [0.15, 0.2) is 72.8 Å². The van der Waals surface area contributed by atoms with Gasteiger partial charge in [-0.25, -0.2) is 4.90 Å². The number of Topliss-reactive ketones (excluding diaryl/α,β-unsaturated/α-hetero) is 2. The fourth-order valence-electron chi connectivity index (χ4n) is 5.54. The highest BCUT2D eigenvalue weighted by molar-refractivity contribution is 6.37. The van der Waals surface area contributed by atoms with E-state index in [0.717, 1.165) is 4.90 Å². The van der Waals surface area contributed by atoms with E-state index in [0.29, 0.717) is 21.8 Å². The summed E-state index contributed by atoms with van der Waals surface area (Å²) in [4.78, 5) is 56.3. The van der Waals surface area contributed by atoms with Crippen molar-refractivity contribution >= 4 is 40.7 Å². The molecule has 2 amide bonds. The number of carbonyl (C=O) groups is 4. The van der Waals surface area contributed by atoms with Crippen LogP contribution in [0.2, 0.25) is 5.02 Å². The van der Waals surface area contributed by atoms with Gasteiger partial charge >= 0.3 is 0 Å². The van der Waals surface area contributed by atoms with Crippen molar-refractivity contribution in [3.8, 4) is 0 Å². The topological polar surface area (TPSA) is 80.8 Å². The molecule has 3 atom stereocenters. The van der Waals surface area contributed by atoms with Crippen LogP contribution in [0.25, 0.3) is 0 Å². The Kier molecular flexibility index (Phi) is 4.43. The molecule has 3 aromatic carbocycles. The third kappa shape index (κ3) is 2.50. The van der Waals surface area contributed by atoms with Crippen LogP contribution in [-0.4, -0.2) is 29.0 Å². The first kappa shape index (κ1) is 21.0. The number of benzene rings is 3. The minimum atomic E-state index is -2.08. The molecule has 0 saturated carbocycles. The number of imide groups is 1. The van der Waals surface area contributed by atoms with Gasteiger partial charge in [-0.05, 0) is 30.2 Å². The molecular formula is C27H18ClNO5. The third-order valence-electron chi connectivity index (χ3n) is 7.13. The summed E-state index contributed by atoms with van der Waals surface area (Å²) in [6.45, 7) is 1.72. The first-order chi connectivity index (χ1) is 16.4. The number of hydrogen-bond donors (Lipinski definition) is 0. The van der Waals surface area contributed by atoms with E-state index in [-0.39, 0.29) is 11.1 Å². The van der Waals surface area contributed by atoms with Crippen molar-refractivity contribution in [3.05, 3.63) is 100 Å². The number of hydrogen-bond acceptors (Lipinski definition) is 5. The third-order valence-corrected chi connectivity index (χ3v) is 7.54.